The molecular formula is C19H21F3N2O2S. The standard InChI is InChI=1S/C19H21F3N2O2S/c1-13-4-2-3-5-14(13)12-24-10-8-15(9-11-24)23-27(25,26)17-7-6-16(20)18(21)19(17)22/h2-7,15,23H,8-12H2,1H3. The van der Waals surface area contributed by atoms with Gasteiger partial charge in [-0.25, -0.2) is 26.3 Å². The monoisotopic (exact) mass is 398 g/mol. The van der Waals surface area contributed by atoms with Crippen molar-refractivity contribution in [1.29, 1.82) is 0 Å². The third-order valence-electron chi connectivity index (χ3n) is 4.85. The van der Waals surface area contributed by atoms with Crippen LogP contribution in [0, 0.1) is 24.4 Å². The van der Waals surface area contributed by atoms with Gasteiger partial charge in [-0.05, 0) is 43.0 Å². The van der Waals surface area contributed by atoms with Crippen molar-refractivity contribution in [3.63, 3.8) is 0 Å². The van der Waals surface area contributed by atoms with E-state index in [2.05, 4.69) is 15.7 Å². The number of aryl methyl sites for hydroxylation is 1. The predicted molar refractivity (Wildman–Crippen MR) is 96.1 cm³/mol. The predicted octanol–water partition coefficient (Wildman–Crippen LogP) is 3.36. The van der Waals surface area contributed by atoms with Gasteiger partial charge in [0.15, 0.2) is 17.5 Å². The largest absolute Gasteiger partial charge is 0.299 e. The van der Waals surface area contributed by atoms with E-state index in [0.717, 1.165) is 12.6 Å². The molecule has 1 fully saturated rings. The van der Waals surface area contributed by atoms with Crippen molar-refractivity contribution in [2.75, 3.05) is 13.1 Å². The fourth-order valence-corrected chi connectivity index (χ4v) is 4.61. The van der Waals surface area contributed by atoms with Crippen LogP contribution in [0.4, 0.5) is 13.2 Å². The highest BCUT2D eigenvalue weighted by Gasteiger charge is 2.28. The molecule has 0 aliphatic carbocycles. The Morgan fingerprint density at radius 1 is 1.04 bits per heavy atom. The van der Waals surface area contributed by atoms with Gasteiger partial charge in [0.2, 0.25) is 10.0 Å². The van der Waals surface area contributed by atoms with Gasteiger partial charge in [0.05, 0.1) is 0 Å². The van der Waals surface area contributed by atoms with Crippen LogP contribution in [-0.2, 0) is 16.6 Å². The van der Waals surface area contributed by atoms with Crippen molar-refractivity contribution in [1.82, 2.24) is 9.62 Å². The van der Waals surface area contributed by atoms with E-state index < -0.39 is 32.4 Å². The number of nitrogens with zero attached hydrogens (tertiary/aromatic N) is 1. The fourth-order valence-electron chi connectivity index (χ4n) is 3.24. The molecule has 1 heterocycles. The van der Waals surface area contributed by atoms with Gasteiger partial charge >= 0.3 is 0 Å². The molecule has 1 N–H and O–H groups in total. The zero-order valence-corrected chi connectivity index (χ0v) is 15.7. The number of halogens is 3. The lowest BCUT2D eigenvalue weighted by Crippen LogP contribution is -2.44. The van der Waals surface area contributed by atoms with Gasteiger partial charge in [0, 0.05) is 25.7 Å². The maximum atomic E-state index is 13.8. The molecule has 0 aromatic heterocycles. The van der Waals surface area contributed by atoms with Crippen molar-refractivity contribution in [3.05, 3.63) is 65.0 Å². The van der Waals surface area contributed by atoms with Crippen LogP contribution in [0.15, 0.2) is 41.3 Å². The number of benzene rings is 2. The van der Waals surface area contributed by atoms with E-state index in [9.17, 15) is 21.6 Å². The molecule has 3 rings (SSSR count). The molecule has 0 amide bonds. The van der Waals surface area contributed by atoms with Crippen LogP contribution in [0.25, 0.3) is 0 Å². The zero-order chi connectivity index (χ0) is 19.6. The molecule has 0 radical (unpaired) electrons. The summed E-state index contributed by atoms with van der Waals surface area (Å²) in [5.41, 5.74) is 2.43. The van der Waals surface area contributed by atoms with E-state index in [1.165, 1.54) is 11.1 Å². The SMILES string of the molecule is Cc1ccccc1CN1CCC(NS(=O)(=O)c2ccc(F)c(F)c2F)CC1. The Bertz CT molecular complexity index is 927. The lowest BCUT2D eigenvalue weighted by atomic mass is 10.0. The van der Waals surface area contributed by atoms with Gasteiger partial charge < -0.3 is 0 Å². The van der Waals surface area contributed by atoms with E-state index in [1.807, 2.05) is 25.1 Å². The number of nitrogens with one attached hydrogen (secondary N) is 1. The number of sulfonamides is 1. The summed E-state index contributed by atoms with van der Waals surface area (Å²) in [7, 11) is -4.26. The van der Waals surface area contributed by atoms with Crippen molar-refractivity contribution in [2.24, 2.45) is 0 Å². The summed E-state index contributed by atoms with van der Waals surface area (Å²) in [6.07, 6.45) is 1.10. The first-order valence-electron chi connectivity index (χ1n) is 8.70. The van der Waals surface area contributed by atoms with E-state index in [4.69, 9.17) is 0 Å². The first-order valence-corrected chi connectivity index (χ1v) is 10.2. The highest BCUT2D eigenvalue weighted by Crippen LogP contribution is 2.22. The van der Waals surface area contributed by atoms with Gasteiger partial charge in [0.1, 0.15) is 4.90 Å². The van der Waals surface area contributed by atoms with Gasteiger partial charge in [-0.1, -0.05) is 24.3 Å². The molecule has 0 unspecified atom stereocenters. The van der Waals surface area contributed by atoms with E-state index in [1.54, 1.807) is 0 Å². The Morgan fingerprint density at radius 3 is 2.37 bits per heavy atom. The Hall–Kier alpha value is -1.90. The fraction of sp³-hybridized carbons (Fsp3) is 0.368. The molecule has 2 aromatic carbocycles. The Labute approximate surface area is 157 Å². The minimum absolute atomic E-state index is 0.379. The molecule has 4 nitrogen and oxygen atoms in total. The number of hydrogen-bond acceptors (Lipinski definition) is 3. The maximum absolute atomic E-state index is 13.8. The first kappa shape index (κ1) is 19.9. The molecule has 27 heavy (non-hydrogen) atoms. The highest BCUT2D eigenvalue weighted by molar-refractivity contribution is 7.89. The normalized spacial score (nSPS) is 16.6. The molecule has 0 bridgehead atoms. The quantitative estimate of drug-likeness (QED) is 0.786. The maximum Gasteiger partial charge on any atom is 0.243 e. The molecule has 0 spiro atoms. The van der Waals surface area contributed by atoms with E-state index in [0.29, 0.717) is 32.0 Å². The summed E-state index contributed by atoms with van der Waals surface area (Å²) < 4.78 is 67.3. The molecule has 1 aliphatic heterocycles. The van der Waals surface area contributed by atoms with Crippen molar-refractivity contribution in [3.8, 4) is 0 Å². The van der Waals surface area contributed by atoms with Crippen LogP contribution in [-0.4, -0.2) is 32.4 Å². The first-order chi connectivity index (χ1) is 12.8. The van der Waals surface area contributed by atoms with Crippen LogP contribution >= 0.6 is 0 Å². The smallest absolute Gasteiger partial charge is 0.243 e. The summed E-state index contributed by atoms with van der Waals surface area (Å²) in [6.45, 7) is 4.19. The average Bonchev–Trinajstić information content (AvgIpc) is 2.63. The summed E-state index contributed by atoms with van der Waals surface area (Å²) in [5.74, 6) is -4.90. The van der Waals surface area contributed by atoms with E-state index >= 15 is 0 Å². The Morgan fingerprint density at radius 2 is 1.70 bits per heavy atom. The number of piperidine rings is 1. The van der Waals surface area contributed by atoms with Gasteiger partial charge in [0.25, 0.3) is 0 Å². The number of likely N-dealkylation sites (tertiary alicyclic amines) is 1. The molecular weight excluding hydrogens is 377 g/mol. The van der Waals surface area contributed by atoms with Gasteiger partial charge in [-0.2, -0.15) is 0 Å². The average molecular weight is 398 g/mol. The summed E-state index contributed by atoms with van der Waals surface area (Å²) >= 11 is 0. The lowest BCUT2D eigenvalue weighted by molar-refractivity contribution is 0.199. The molecule has 1 saturated heterocycles. The zero-order valence-electron chi connectivity index (χ0n) is 14.9. The van der Waals surface area contributed by atoms with Crippen molar-refractivity contribution >= 4 is 10.0 Å². The second-order valence-electron chi connectivity index (χ2n) is 6.77. The molecule has 8 heteroatoms. The Kier molecular flexibility index (Phi) is 5.88. The summed E-state index contributed by atoms with van der Waals surface area (Å²) in [4.78, 5) is 1.36. The van der Waals surface area contributed by atoms with Crippen molar-refractivity contribution < 1.29 is 21.6 Å². The highest BCUT2D eigenvalue weighted by atomic mass is 32.2. The third kappa shape index (κ3) is 4.51. The molecule has 1 aliphatic rings. The summed E-state index contributed by atoms with van der Waals surface area (Å²) in [5, 5.41) is 0. The lowest BCUT2D eigenvalue weighted by Gasteiger charge is -2.32. The second kappa shape index (κ2) is 8.00. The molecule has 0 atom stereocenters. The minimum Gasteiger partial charge on any atom is -0.299 e. The second-order valence-corrected chi connectivity index (χ2v) is 8.45. The molecule has 0 saturated carbocycles. The number of rotatable bonds is 5. The van der Waals surface area contributed by atoms with Crippen LogP contribution in [0.5, 0.6) is 0 Å². The Balaban J connectivity index is 1.62. The number of hydrogen-bond donors (Lipinski definition) is 1. The molecule has 146 valence electrons. The van der Waals surface area contributed by atoms with Gasteiger partial charge in [-0.15, -0.1) is 0 Å². The van der Waals surface area contributed by atoms with Gasteiger partial charge in [-0.3, -0.25) is 4.90 Å². The molecule has 2 aromatic rings. The van der Waals surface area contributed by atoms with Crippen LogP contribution < -0.4 is 4.72 Å². The third-order valence-corrected chi connectivity index (χ3v) is 6.39. The van der Waals surface area contributed by atoms with Crippen molar-refractivity contribution in [2.45, 2.75) is 37.2 Å². The van der Waals surface area contributed by atoms with Crippen LogP contribution in [0.3, 0.4) is 0 Å². The van der Waals surface area contributed by atoms with Crippen LogP contribution in [0.1, 0.15) is 24.0 Å². The van der Waals surface area contributed by atoms with Crippen LogP contribution in [0.2, 0.25) is 0 Å². The topological polar surface area (TPSA) is 49.4 Å². The van der Waals surface area contributed by atoms with E-state index in [-0.39, 0.29) is 6.04 Å². The summed E-state index contributed by atoms with van der Waals surface area (Å²) in [6, 6.07) is 9.05. The minimum atomic E-state index is -4.26.